The number of aromatic nitrogens is 3. The number of anilines is 4. The van der Waals surface area contributed by atoms with Crippen LogP contribution in [0.15, 0.2) is 39.9 Å². The molecule has 0 saturated heterocycles. The average Bonchev–Trinajstić information content (AvgIpc) is 2.79. The fourth-order valence-electron chi connectivity index (χ4n) is 3.08. The fourth-order valence-corrected chi connectivity index (χ4v) is 3.54. The normalized spacial score (nSPS) is 11.0. The van der Waals surface area contributed by atoms with Gasteiger partial charge in [0.25, 0.3) is 5.69 Å². The molecule has 0 fully saturated rings. The van der Waals surface area contributed by atoms with Gasteiger partial charge in [-0.2, -0.15) is 20.1 Å². The minimum Gasteiger partial charge on any atom is -0.506 e. The second-order valence-electron chi connectivity index (χ2n) is 7.39. The van der Waals surface area contributed by atoms with Crippen LogP contribution in [0.25, 0.3) is 0 Å². The van der Waals surface area contributed by atoms with E-state index >= 15 is 0 Å². The predicted molar refractivity (Wildman–Crippen MR) is 136 cm³/mol. The number of phenols is 1. The van der Waals surface area contributed by atoms with Gasteiger partial charge in [0.15, 0.2) is 0 Å². The van der Waals surface area contributed by atoms with Crippen LogP contribution in [0.4, 0.5) is 29.2 Å². The second-order valence-corrected chi connectivity index (χ2v) is 8.25. The Hall–Kier alpha value is -3.80. The third-order valence-electron chi connectivity index (χ3n) is 4.97. The molecule has 1 aromatic heterocycles. The summed E-state index contributed by atoms with van der Waals surface area (Å²) < 4.78 is 0.187. The number of benzene rings is 2. The summed E-state index contributed by atoms with van der Waals surface area (Å²) in [5, 5.41) is 28.6. The summed E-state index contributed by atoms with van der Waals surface area (Å²) in [4.78, 5) is 25.9. The number of aryl methyl sites for hydroxylation is 2. The van der Waals surface area contributed by atoms with Gasteiger partial charge in [-0.3, -0.25) is 10.1 Å². The summed E-state index contributed by atoms with van der Waals surface area (Å²) in [7, 11) is 0. The Labute approximate surface area is 205 Å². The Balaban J connectivity index is 1.93. The van der Waals surface area contributed by atoms with Gasteiger partial charge in [0.1, 0.15) is 5.75 Å². The van der Waals surface area contributed by atoms with Gasteiger partial charge >= 0.3 is 0 Å². The van der Waals surface area contributed by atoms with Crippen LogP contribution in [0.1, 0.15) is 30.5 Å². The van der Waals surface area contributed by atoms with Crippen LogP contribution in [-0.4, -0.2) is 44.3 Å². The van der Waals surface area contributed by atoms with Gasteiger partial charge in [-0.1, -0.05) is 12.1 Å². The zero-order chi connectivity index (χ0) is 24.8. The molecule has 0 radical (unpaired) electrons. The summed E-state index contributed by atoms with van der Waals surface area (Å²) in [6, 6.07) is 8.47. The van der Waals surface area contributed by atoms with Crippen LogP contribution in [0.3, 0.4) is 0 Å². The van der Waals surface area contributed by atoms with Crippen molar-refractivity contribution >= 4 is 51.4 Å². The third kappa shape index (κ3) is 5.95. The van der Waals surface area contributed by atoms with Crippen LogP contribution in [0.5, 0.6) is 5.75 Å². The first-order valence-corrected chi connectivity index (χ1v) is 11.3. The zero-order valence-corrected chi connectivity index (χ0v) is 20.8. The van der Waals surface area contributed by atoms with Crippen molar-refractivity contribution in [3.63, 3.8) is 0 Å². The topological polar surface area (TPSA) is 142 Å². The Bertz CT molecular complexity index is 1230. The maximum atomic E-state index is 11.1. The van der Waals surface area contributed by atoms with Gasteiger partial charge in [0.05, 0.1) is 15.6 Å². The molecule has 1 heterocycles. The van der Waals surface area contributed by atoms with Crippen LogP contribution < -0.4 is 15.6 Å². The molecule has 0 bridgehead atoms. The maximum Gasteiger partial charge on any atom is 0.271 e. The van der Waals surface area contributed by atoms with Crippen LogP contribution in [-0.2, 0) is 0 Å². The van der Waals surface area contributed by atoms with E-state index in [9.17, 15) is 15.2 Å². The molecule has 0 amide bonds. The van der Waals surface area contributed by atoms with Crippen molar-refractivity contribution in [3.05, 3.63) is 61.6 Å². The molecule has 0 atom stereocenters. The predicted octanol–water partition coefficient (Wildman–Crippen LogP) is 4.90. The van der Waals surface area contributed by atoms with Gasteiger partial charge in [0.2, 0.25) is 17.8 Å². The summed E-state index contributed by atoms with van der Waals surface area (Å²) in [6.45, 7) is 9.38. The molecule has 0 unspecified atom stereocenters. The second kappa shape index (κ2) is 10.9. The van der Waals surface area contributed by atoms with Crippen molar-refractivity contribution < 1.29 is 10.0 Å². The Morgan fingerprint density at radius 3 is 2.53 bits per heavy atom. The summed E-state index contributed by atoms with van der Waals surface area (Å²) in [5.74, 6) is 0.800. The van der Waals surface area contributed by atoms with Crippen LogP contribution in [0.2, 0.25) is 0 Å². The largest absolute Gasteiger partial charge is 0.506 e. The van der Waals surface area contributed by atoms with E-state index in [1.165, 1.54) is 18.3 Å². The van der Waals surface area contributed by atoms with Crippen molar-refractivity contribution in [2.45, 2.75) is 27.7 Å². The lowest BCUT2D eigenvalue weighted by molar-refractivity contribution is -0.385. The molecule has 0 saturated carbocycles. The summed E-state index contributed by atoms with van der Waals surface area (Å²) >= 11 is 3.11. The van der Waals surface area contributed by atoms with E-state index < -0.39 is 4.92 Å². The Kier molecular flexibility index (Phi) is 7.95. The lowest BCUT2D eigenvalue weighted by Crippen LogP contribution is -2.25. The number of nitro groups is 1. The van der Waals surface area contributed by atoms with E-state index in [0.29, 0.717) is 25.0 Å². The number of hydrogen-bond donors (Lipinski definition) is 3. The smallest absolute Gasteiger partial charge is 0.271 e. The van der Waals surface area contributed by atoms with E-state index in [1.54, 1.807) is 0 Å². The molecule has 34 heavy (non-hydrogen) atoms. The monoisotopic (exact) mass is 528 g/mol. The minimum absolute atomic E-state index is 0.153. The van der Waals surface area contributed by atoms with Crippen molar-refractivity contribution in [1.82, 2.24) is 15.0 Å². The number of phenolic OH excluding ortho intramolecular Hbond substituents is 1. The highest BCUT2D eigenvalue weighted by molar-refractivity contribution is 9.10. The minimum atomic E-state index is -0.553. The zero-order valence-electron chi connectivity index (χ0n) is 19.2. The van der Waals surface area contributed by atoms with E-state index in [4.69, 9.17) is 0 Å². The highest BCUT2D eigenvalue weighted by Gasteiger charge is 2.15. The molecule has 0 aliphatic heterocycles. The number of aromatic hydroxyl groups is 1. The van der Waals surface area contributed by atoms with E-state index in [0.717, 1.165) is 16.8 Å². The molecule has 0 aliphatic carbocycles. The summed E-state index contributed by atoms with van der Waals surface area (Å²) in [6.07, 6.45) is 1.26. The van der Waals surface area contributed by atoms with Crippen molar-refractivity contribution in [1.29, 1.82) is 0 Å². The number of nitrogens with zero attached hydrogens (tertiary/aromatic N) is 6. The number of nitrogens with one attached hydrogen (secondary N) is 2. The molecule has 3 N–H and O–H groups in total. The SMILES string of the molecule is CCN(CC)c1nc(N/N=C\c2cc([N+](=O)[O-])cc(Br)c2O)nc(Nc2cc(C)ccc2C)n1. The highest BCUT2D eigenvalue weighted by Crippen LogP contribution is 2.31. The van der Waals surface area contributed by atoms with Crippen molar-refractivity contribution in [3.8, 4) is 5.75 Å². The molecule has 0 aliphatic rings. The molecule has 178 valence electrons. The Morgan fingerprint density at radius 1 is 1.15 bits per heavy atom. The first-order valence-electron chi connectivity index (χ1n) is 10.5. The van der Waals surface area contributed by atoms with E-state index in [2.05, 4.69) is 46.7 Å². The van der Waals surface area contributed by atoms with Crippen LogP contribution in [0, 0.1) is 24.0 Å². The van der Waals surface area contributed by atoms with Gasteiger partial charge in [-0.05, 0) is 60.8 Å². The molecule has 3 aromatic rings. The standard InChI is InChI=1S/C22H25BrN8O3/c1-5-30(6-2)22-27-20(25-18-9-13(3)7-8-14(18)4)26-21(28-22)29-24-12-15-10-16(31(33)34)11-17(23)19(15)32/h7-12,32H,5-6H2,1-4H3,(H2,25,26,27,28,29)/b24-12-. The van der Waals surface area contributed by atoms with E-state index in [-0.39, 0.29) is 27.4 Å². The molecule has 12 heteroatoms. The average molecular weight is 529 g/mol. The fraction of sp³-hybridized carbons (Fsp3) is 0.273. The first-order chi connectivity index (χ1) is 16.2. The van der Waals surface area contributed by atoms with Crippen LogP contribution >= 0.6 is 15.9 Å². The Morgan fingerprint density at radius 2 is 1.85 bits per heavy atom. The quantitative estimate of drug-likeness (QED) is 0.200. The number of non-ortho nitro benzene ring substituents is 1. The molecule has 11 nitrogen and oxygen atoms in total. The maximum absolute atomic E-state index is 11.1. The lowest BCUT2D eigenvalue weighted by Gasteiger charge is -2.19. The van der Waals surface area contributed by atoms with Crippen molar-refractivity contribution in [2.24, 2.45) is 5.10 Å². The van der Waals surface area contributed by atoms with Gasteiger partial charge in [-0.15, -0.1) is 0 Å². The number of halogens is 1. The number of hydrazone groups is 1. The molecular formula is C22H25BrN8O3. The molecule has 3 rings (SSSR count). The van der Waals surface area contributed by atoms with Gasteiger partial charge < -0.3 is 15.3 Å². The molecule has 0 spiro atoms. The van der Waals surface area contributed by atoms with Crippen molar-refractivity contribution in [2.75, 3.05) is 28.7 Å². The molecular weight excluding hydrogens is 504 g/mol. The number of nitro benzene ring substituents is 1. The highest BCUT2D eigenvalue weighted by atomic mass is 79.9. The summed E-state index contributed by atoms with van der Waals surface area (Å²) in [5.41, 5.74) is 5.70. The lowest BCUT2D eigenvalue weighted by atomic mass is 10.1. The van der Waals surface area contributed by atoms with Gasteiger partial charge in [-0.25, -0.2) is 5.43 Å². The molecule has 2 aromatic carbocycles. The third-order valence-corrected chi connectivity index (χ3v) is 5.57. The van der Waals surface area contributed by atoms with E-state index in [1.807, 2.05) is 50.8 Å². The first kappa shape index (κ1) is 24.8. The number of rotatable bonds is 9. The number of hydrogen-bond acceptors (Lipinski definition) is 10. The van der Waals surface area contributed by atoms with Gasteiger partial charge in [0, 0.05) is 36.5 Å².